The van der Waals surface area contributed by atoms with Crippen LogP contribution < -0.4 is 10.6 Å². The van der Waals surface area contributed by atoms with Crippen molar-refractivity contribution in [2.24, 2.45) is 17.3 Å². The molecule has 2 aliphatic rings. The van der Waals surface area contributed by atoms with Gasteiger partial charge in [0.1, 0.15) is 0 Å². The zero-order chi connectivity index (χ0) is 10.9. The number of aliphatic hydroxyl groups excluding tert-OH is 1. The molecular formula is C11H20N2O2. The van der Waals surface area contributed by atoms with Crippen LogP contribution in [0.25, 0.3) is 0 Å². The molecule has 1 aliphatic carbocycles. The fourth-order valence-corrected chi connectivity index (χ4v) is 2.13. The fraction of sp³-hybridized carbons (Fsp3) is 0.909. The number of hydrogen-bond acceptors (Lipinski definition) is 3. The summed E-state index contributed by atoms with van der Waals surface area (Å²) in [6.07, 6.45) is 2.09. The van der Waals surface area contributed by atoms with E-state index < -0.39 is 0 Å². The lowest BCUT2D eigenvalue weighted by Gasteiger charge is -2.17. The predicted octanol–water partition coefficient (Wildman–Crippen LogP) is -0.269. The third kappa shape index (κ3) is 2.32. The molecule has 2 atom stereocenters. The summed E-state index contributed by atoms with van der Waals surface area (Å²) < 4.78 is 0. The Bertz CT molecular complexity index is 251. The van der Waals surface area contributed by atoms with Gasteiger partial charge >= 0.3 is 0 Å². The SMILES string of the molecule is C[C@@H]1CNC[C@H]1C(=O)NCC1(CO)CC1. The van der Waals surface area contributed by atoms with Crippen LogP contribution in [0.3, 0.4) is 0 Å². The minimum atomic E-state index is 0.0188. The fourth-order valence-electron chi connectivity index (χ4n) is 2.13. The molecule has 1 heterocycles. The van der Waals surface area contributed by atoms with Gasteiger partial charge in [-0.3, -0.25) is 4.79 Å². The molecule has 0 spiro atoms. The number of nitrogens with one attached hydrogen (secondary N) is 2. The molecule has 0 radical (unpaired) electrons. The summed E-state index contributed by atoms with van der Waals surface area (Å²) in [6, 6.07) is 0. The summed E-state index contributed by atoms with van der Waals surface area (Å²) in [5, 5.41) is 15.3. The number of rotatable bonds is 4. The summed E-state index contributed by atoms with van der Waals surface area (Å²) in [7, 11) is 0. The molecule has 15 heavy (non-hydrogen) atoms. The summed E-state index contributed by atoms with van der Waals surface area (Å²) in [5.74, 6) is 0.681. The molecule has 2 rings (SSSR count). The lowest BCUT2D eigenvalue weighted by molar-refractivity contribution is -0.125. The van der Waals surface area contributed by atoms with E-state index in [4.69, 9.17) is 5.11 Å². The molecule has 4 nitrogen and oxygen atoms in total. The average Bonchev–Trinajstić information content (AvgIpc) is 2.91. The molecule has 0 aromatic rings. The second-order valence-electron chi connectivity index (χ2n) is 5.12. The van der Waals surface area contributed by atoms with Crippen molar-refractivity contribution >= 4 is 5.91 Å². The van der Waals surface area contributed by atoms with E-state index in [1.54, 1.807) is 0 Å². The Hall–Kier alpha value is -0.610. The van der Waals surface area contributed by atoms with E-state index in [9.17, 15) is 4.79 Å². The van der Waals surface area contributed by atoms with Crippen molar-refractivity contribution < 1.29 is 9.90 Å². The van der Waals surface area contributed by atoms with Gasteiger partial charge in [0.15, 0.2) is 0 Å². The summed E-state index contributed by atoms with van der Waals surface area (Å²) >= 11 is 0. The van der Waals surface area contributed by atoms with Gasteiger partial charge in [-0.2, -0.15) is 0 Å². The molecule has 1 aliphatic heterocycles. The van der Waals surface area contributed by atoms with Gasteiger partial charge < -0.3 is 15.7 Å². The molecule has 0 bridgehead atoms. The van der Waals surface area contributed by atoms with Crippen molar-refractivity contribution in [3.63, 3.8) is 0 Å². The molecule has 3 N–H and O–H groups in total. The van der Waals surface area contributed by atoms with Gasteiger partial charge in [-0.15, -0.1) is 0 Å². The van der Waals surface area contributed by atoms with E-state index in [0.717, 1.165) is 25.9 Å². The molecular weight excluding hydrogens is 192 g/mol. The maximum atomic E-state index is 11.8. The Labute approximate surface area is 90.4 Å². The third-order valence-corrected chi connectivity index (χ3v) is 3.78. The molecule has 0 unspecified atom stereocenters. The van der Waals surface area contributed by atoms with Crippen LogP contribution in [0.4, 0.5) is 0 Å². The summed E-state index contributed by atoms with van der Waals surface area (Å²) in [4.78, 5) is 11.8. The predicted molar refractivity (Wildman–Crippen MR) is 57.3 cm³/mol. The molecule has 1 amide bonds. The molecule has 4 heteroatoms. The average molecular weight is 212 g/mol. The molecule has 86 valence electrons. The topological polar surface area (TPSA) is 61.4 Å². The molecule has 2 fully saturated rings. The number of amides is 1. The van der Waals surface area contributed by atoms with Crippen molar-refractivity contribution in [3.05, 3.63) is 0 Å². The summed E-state index contributed by atoms with van der Waals surface area (Å²) in [6.45, 7) is 4.67. The Morgan fingerprint density at radius 2 is 2.27 bits per heavy atom. The smallest absolute Gasteiger partial charge is 0.224 e. The molecule has 1 saturated heterocycles. The largest absolute Gasteiger partial charge is 0.396 e. The van der Waals surface area contributed by atoms with Gasteiger partial charge in [-0.05, 0) is 25.3 Å². The van der Waals surface area contributed by atoms with Crippen LogP contribution in [0.5, 0.6) is 0 Å². The Kier molecular flexibility index (Phi) is 2.98. The Morgan fingerprint density at radius 1 is 1.53 bits per heavy atom. The highest BCUT2D eigenvalue weighted by atomic mass is 16.3. The molecule has 0 aromatic heterocycles. The number of carbonyl (C=O) groups excluding carboxylic acids is 1. The normalized spacial score (nSPS) is 32.7. The second kappa shape index (κ2) is 4.10. The third-order valence-electron chi connectivity index (χ3n) is 3.78. The number of hydrogen-bond donors (Lipinski definition) is 3. The first-order chi connectivity index (χ1) is 7.17. The van der Waals surface area contributed by atoms with Crippen molar-refractivity contribution in [1.29, 1.82) is 0 Å². The number of carbonyl (C=O) groups is 1. The number of aliphatic hydroxyl groups is 1. The minimum Gasteiger partial charge on any atom is -0.396 e. The first-order valence-corrected chi connectivity index (χ1v) is 5.76. The standard InChI is InChI=1S/C11H20N2O2/c1-8-4-12-5-9(8)10(15)13-6-11(7-14)2-3-11/h8-9,12,14H,2-7H2,1H3,(H,13,15)/t8-,9-/m1/s1. The minimum absolute atomic E-state index is 0.0188. The van der Waals surface area contributed by atoms with Crippen molar-refractivity contribution in [3.8, 4) is 0 Å². The zero-order valence-electron chi connectivity index (χ0n) is 9.25. The van der Waals surface area contributed by atoms with Crippen LogP contribution in [0.15, 0.2) is 0 Å². The first-order valence-electron chi connectivity index (χ1n) is 5.76. The zero-order valence-corrected chi connectivity index (χ0v) is 9.25. The van der Waals surface area contributed by atoms with Gasteiger partial charge in [0.2, 0.25) is 5.91 Å². The van der Waals surface area contributed by atoms with E-state index in [-0.39, 0.29) is 23.8 Å². The highest BCUT2D eigenvalue weighted by Gasteiger charge is 2.42. The highest BCUT2D eigenvalue weighted by Crippen LogP contribution is 2.44. The van der Waals surface area contributed by atoms with Crippen LogP contribution in [0.2, 0.25) is 0 Å². The van der Waals surface area contributed by atoms with Gasteiger partial charge in [-0.1, -0.05) is 6.92 Å². The maximum Gasteiger partial charge on any atom is 0.224 e. The van der Waals surface area contributed by atoms with Gasteiger partial charge in [-0.25, -0.2) is 0 Å². The van der Waals surface area contributed by atoms with Crippen molar-refractivity contribution in [1.82, 2.24) is 10.6 Å². The van der Waals surface area contributed by atoms with Gasteiger partial charge in [0.05, 0.1) is 12.5 Å². The van der Waals surface area contributed by atoms with Crippen LogP contribution >= 0.6 is 0 Å². The van der Waals surface area contributed by atoms with E-state index in [2.05, 4.69) is 17.6 Å². The molecule has 0 aromatic carbocycles. The van der Waals surface area contributed by atoms with Crippen LogP contribution in [0, 0.1) is 17.3 Å². The van der Waals surface area contributed by atoms with Crippen molar-refractivity contribution in [2.75, 3.05) is 26.2 Å². The lowest BCUT2D eigenvalue weighted by Crippen LogP contribution is -2.38. The lowest BCUT2D eigenvalue weighted by atomic mass is 9.97. The van der Waals surface area contributed by atoms with Gasteiger partial charge in [0, 0.05) is 18.5 Å². The van der Waals surface area contributed by atoms with Gasteiger partial charge in [0.25, 0.3) is 0 Å². The quantitative estimate of drug-likeness (QED) is 0.601. The first kappa shape index (κ1) is 10.9. The van der Waals surface area contributed by atoms with E-state index in [1.165, 1.54) is 0 Å². The maximum absolute atomic E-state index is 11.8. The van der Waals surface area contributed by atoms with E-state index in [0.29, 0.717) is 12.5 Å². The Balaban J connectivity index is 1.77. The summed E-state index contributed by atoms with van der Waals surface area (Å²) in [5.41, 5.74) is 0.0188. The van der Waals surface area contributed by atoms with Crippen LogP contribution in [-0.4, -0.2) is 37.3 Å². The van der Waals surface area contributed by atoms with Crippen LogP contribution in [0.1, 0.15) is 19.8 Å². The Morgan fingerprint density at radius 3 is 2.73 bits per heavy atom. The monoisotopic (exact) mass is 212 g/mol. The van der Waals surface area contributed by atoms with Crippen molar-refractivity contribution in [2.45, 2.75) is 19.8 Å². The molecule has 1 saturated carbocycles. The second-order valence-corrected chi connectivity index (χ2v) is 5.12. The highest BCUT2D eigenvalue weighted by molar-refractivity contribution is 5.79. The van der Waals surface area contributed by atoms with E-state index >= 15 is 0 Å². The van der Waals surface area contributed by atoms with Crippen LogP contribution in [-0.2, 0) is 4.79 Å². The van der Waals surface area contributed by atoms with E-state index in [1.807, 2.05) is 0 Å².